The Kier molecular flexibility index (Phi) is 7.81. The van der Waals surface area contributed by atoms with Crippen LogP contribution in [-0.4, -0.2) is 61.3 Å². The van der Waals surface area contributed by atoms with E-state index >= 15 is 0 Å². The first kappa shape index (κ1) is 19.3. The molecule has 2 aliphatic rings. The van der Waals surface area contributed by atoms with Crippen molar-refractivity contribution in [3.63, 3.8) is 0 Å². The molecule has 2 fully saturated rings. The molecule has 0 bridgehead atoms. The fourth-order valence-electron chi connectivity index (χ4n) is 3.34. The first-order chi connectivity index (χ1) is 12.1. The van der Waals surface area contributed by atoms with E-state index in [0.29, 0.717) is 32.5 Å². The Morgan fingerprint density at radius 2 is 1.60 bits per heavy atom. The van der Waals surface area contributed by atoms with Crippen molar-refractivity contribution >= 4 is 18.0 Å². The second kappa shape index (κ2) is 10.1. The zero-order valence-electron chi connectivity index (χ0n) is 15.0. The van der Waals surface area contributed by atoms with Gasteiger partial charge < -0.3 is 25.6 Å². The Hall–Kier alpha value is -1.99. The van der Waals surface area contributed by atoms with Crippen molar-refractivity contribution in [2.45, 2.75) is 64.0 Å². The maximum absolute atomic E-state index is 12.0. The number of rotatable bonds is 5. The summed E-state index contributed by atoms with van der Waals surface area (Å²) in [6, 6.07) is -0.0235. The van der Waals surface area contributed by atoms with Crippen molar-refractivity contribution in [3.8, 4) is 0 Å². The lowest BCUT2D eigenvalue weighted by Crippen LogP contribution is -2.50. The smallest absolute Gasteiger partial charge is 0.409 e. The van der Waals surface area contributed by atoms with Gasteiger partial charge in [0.25, 0.3) is 0 Å². The van der Waals surface area contributed by atoms with Crippen LogP contribution in [0.1, 0.15) is 51.9 Å². The van der Waals surface area contributed by atoms with Gasteiger partial charge in [0.1, 0.15) is 0 Å². The summed E-state index contributed by atoms with van der Waals surface area (Å²) in [4.78, 5) is 37.1. The van der Waals surface area contributed by atoms with Gasteiger partial charge in [0.05, 0.1) is 13.2 Å². The fraction of sp³-hybridized carbons (Fsp3) is 0.824. The van der Waals surface area contributed by atoms with Crippen molar-refractivity contribution in [3.05, 3.63) is 0 Å². The second-order valence-corrected chi connectivity index (χ2v) is 6.69. The second-order valence-electron chi connectivity index (χ2n) is 6.69. The summed E-state index contributed by atoms with van der Waals surface area (Å²) in [6.45, 7) is 3.25. The number of piperidine rings is 1. The van der Waals surface area contributed by atoms with E-state index in [1.165, 1.54) is 6.42 Å². The molecule has 0 unspecified atom stereocenters. The highest BCUT2D eigenvalue weighted by molar-refractivity contribution is 5.84. The van der Waals surface area contributed by atoms with Gasteiger partial charge in [-0.05, 0) is 32.6 Å². The van der Waals surface area contributed by atoms with Crippen LogP contribution in [0.4, 0.5) is 9.59 Å². The summed E-state index contributed by atoms with van der Waals surface area (Å²) < 4.78 is 4.97. The average molecular weight is 354 g/mol. The Bertz CT molecular complexity index is 458. The first-order valence-electron chi connectivity index (χ1n) is 9.34. The van der Waals surface area contributed by atoms with Crippen LogP contribution in [0.15, 0.2) is 0 Å². The summed E-state index contributed by atoms with van der Waals surface area (Å²) >= 11 is 0. The predicted octanol–water partition coefficient (Wildman–Crippen LogP) is 1.36. The Labute approximate surface area is 149 Å². The van der Waals surface area contributed by atoms with Gasteiger partial charge >= 0.3 is 12.1 Å². The Balaban J connectivity index is 1.59. The van der Waals surface area contributed by atoms with E-state index in [9.17, 15) is 14.4 Å². The lowest BCUT2D eigenvalue weighted by atomic mass is 9.96. The molecule has 8 nitrogen and oxygen atoms in total. The summed E-state index contributed by atoms with van der Waals surface area (Å²) in [7, 11) is 0. The molecule has 25 heavy (non-hydrogen) atoms. The average Bonchev–Trinajstić information content (AvgIpc) is 2.62. The third kappa shape index (κ3) is 6.80. The van der Waals surface area contributed by atoms with Crippen LogP contribution in [0.2, 0.25) is 0 Å². The lowest BCUT2D eigenvalue weighted by Gasteiger charge is -2.31. The molecule has 1 aliphatic carbocycles. The topological polar surface area (TPSA) is 99.8 Å². The maximum Gasteiger partial charge on any atom is 0.409 e. The number of carbonyl (C=O) groups excluding carboxylic acids is 3. The molecule has 1 saturated heterocycles. The number of amides is 4. The van der Waals surface area contributed by atoms with E-state index in [4.69, 9.17) is 4.74 Å². The van der Waals surface area contributed by atoms with Crippen molar-refractivity contribution < 1.29 is 19.1 Å². The van der Waals surface area contributed by atoms with Crippen LogP contribution in [0, 0.1) is 0 Å². The van der Waals surface area contributed by atoms with E-state index in [0.717, 1.165) is 25.7 Å². The Morgan fingerprint density at radius 3 is 2.24 bits per heavy atom. The molecule has 0 spiro atoms. The highest BCUT2D eigenvalue weighted by Gasteiger charge is 2.24. The van der Waals surface area contributed by atoms with Crippen molar-refractivity contribution in [2.75, 3.05) is 26.2 Å². The molecule has 8 heteroatoms. The fourth-order valence-corrected chi connectivity index (χ4v) is 3.34. The number of hydrogen-bond acceptors (Lipinski definition) is 4. The van der Waals surface area contributed by atoms with Crippen molar-refractivity contribution in [2.24, 2.45) is 0 Å². The quantitative estimate of drug-likeness (QED) is 0.694. The molecule has 3 N–H and O–H groups in total. The van der Waals surface area contributed by atoms with E-state index in [-0.39, 0.29) is 36.7 Å². The monoisotopic (exact) mass is 354 g/mol. The minimum Gasteiger partial charge on any atom is -0.450 e. The van der Waals surface area contributed by atoms with Gasteiger partial charge in [-0.3, -0.25) is 4.79 Å². The number of nitrogens with zero attached hydrogens (tertiary/aromatic N) is 1. The standard InChI is InChI=1S/C17H30N4O4/c1-2-25-17(24)21-10-8-14(9-11-21)19-15(22)12-18-16(23)20-13-6-4-3-5-7-13/h13-14H,2-12H2,1H3,(H,19,22)(H2,18,20,23). The molecule has 0 radical (unpaired) electrons. The maximum atomic E-state index is 12.0. The summed E-state index contributed by atoms with van der Waals surface area (Å²) in [6.07, 6.45) is 6.64. The molecule has 0 atom stereocenters. The highest BCUT2D eigenvalue weighted by atomic mass is 16.6. The first-order valence-corrected chi connectivity index (χ1v) is 9.34. The number of urea groups is 1. The van der Waals surface area contributed by atoms with Crippen molar-refractivity contribution in [1.82, 2.24) is 20.9 Å². The molecule has 1 aliphatic heterocycles. The third-order valence-electron chi connectivity index (χ3n) is 4.74. The van der Waals surface area contributed by atoms with Crippen molar-refractivity contribution in [1.29, 1.82) is 0 Å². The molecule has 4 amide bonds. The molecular formula is C17H30N4O4. The van der Waals surface area contributed by atoms with Gasteiger partial charge in [0.2, 0.25) is 5.91 Å². The van der Waals surface area contributed by atoms with Crippen LogP contribution in [0.3, 0.4) is 0 Å². The van der Waals surface area contributed by atoms with Crippen LogP contribution >= 0.6 is 0 Å². The molecule has 142 valence electrons. The van der Waals surface area contributed by atoms with E-state index in [2.05, 4.69) is 16.0 Å². The molecule has 1 saturated carbocycles. The number of carbonyl (C=O) groups is 3. The summed E-state index contributed by atoms with van der Waals surface area (Å²) in [5.74, 6) is -0.201. The summed E-state index contributed by atoms with van der Waals surface area (Å²) in [5.41, 5.74) is 0. The number of likely N-dealkylation sites (tertiary alicyclic amines) is 1. The van der Waals surface area contributed by atoms with Gasteiger partial charge in [-0.25, -0.2) is 9.59 Å². The van der Waals surface area contributed by atoms with Gasteiger partial charge in [-0.15, -0.1) is 0 Å². The largest absolute Gasteiger partial charge is 0.450 e. The minimum absolute atomic E-state index is 0.0291. The molecule has 0 aromatic carbocycles. The molecule has 2 rings (SSSR count). The molecule has 1 heterocycles. The van der Waals surface area contributed by atoms with Gasteiger partial charge in [0.15, 0.2) is 0 Å². The van der Waals surface area contributed by atoms with E-state index in [1.54, 1.807) is 11.8 Å². The van der Waals surface area contributed by atoms with Crippen LogP contribution < -0.4 is 16.0 Å². The normalized spacial score (nSPS) is 19.2. The molecule has 0 aromatic rings. The van der Waals surface area contributed by atoms with Gasteiger partial charge in [0, 0.05) is 25.2 Å². The molecular weight excluding hydrogens is 324 g/mol. The van der Waals surface area contributed by atoms with Crippen LogP contribution in [0.5, 0.6) is 0 Å². The minimum atomic E-state index is -0.298. The van der Waals surface area contributed by atoms with Crippen LogP contribution in [-0.2, 0) is 9.53 Å². The number of ether oxygens (including phenoxy) is 1. The third-order valence-corrected chi connectivity index (χ3v) is 4.74. The Morgan fingerprint density at radius 1 is 0.960 bits per heavy atom. The van der Waals surface area contributed by atoms with E-state index < -0.39 is 0 Å². The van der Waals surface area contributed by atoms with E-state index in [1.807, 2.05) is 0 Å². The van der Waals surface area contributed by atoms with Gasteiger partial charge in [-0.2, -0.15) is 0 Å². The SMILES string of the molecule is CCOC(=O)N1CCC(NC(=O)CNC(=O)NC2CCCCC2)CC1. The number of hydrogen-bond donors (Lipinski definition) is 3. The highest BCUT2D eigenvalue weighted by Crippen LogP contribution is 2.17. The lowest BCUT2D eigenvalue weighted by molar-refractivity contribution is -0.121. The zero-order chi connectivity index (χ0) is 18.1. The molecule has 0 aromatic heterocycles. The summed E-state index contributed by atoms with van der Waals surface area (Å²) in [5, 5.41) is 8.45. The van der Waals surface area contributed by atoms with Crippen LogP contribution in [0.25, 0.3) is 0 Å². The number of nitrogens with one attached hydrogen (secondary N) is 3. The van der Waals surface area contributed by atoms with Gasteiger partial charge in [-0.1, -0.05) is 19.3 Å². The zero-order valence-corrected chi connectivity index (χ0v) is 15.0. The predicted molar refractivity (Wildman–Crippen MR) is 93.2 cm³/mol.